The molecular formula is C26H32N2O2. The third-order valence-electron chi connectivity index (χ3n) is 6.46. The highest BCUT2D eigenvalue weighted by molar-refractivity contribution is 5.85. The van der Waals surface area contributed by atoms with Gasteiger partial charge in [0.2, 0.25) is 11.8 Å². The highest BCUT2D eigenvalue weighted by Gasteiger charge is 2.44. The summed E-state index contributed by atoms with van der Waals surface area (Å²) >= 11 is 0. The molecule has 0 aromatic heterocycles. The molecule has 0 unspecified atom stereocenters. The minimum atomic E-state index is -0.446. The van der Waals surface area contributed by atoms with E-state index in [4.69, 9.17) is 0 Å². The summed E-state index contributed by atoms with van der Waals surface area (Å²) in [6.45, 7) is 5.38. The van der Waals surface area contributed by atoms with Gasteiger partial charge < -0.3 is 10.2 Å². The van der Waals surface area contributed by atoms with Crippen LogP contribution in [0.5, 0.6) is 0 Å². The van der Waals surface area contributed by atoms with Crippen LogP contribution in [0.15, 0.2) is 54.6 Å². The Morgan fingerprint density at radius 2 is 1.57 bits per heavy atom. The van der Waals surface area contributed by atoms with E-state index in [0.29, 0.717) is 25.4 Å². The van der Waals surface area contributed by atoms with Crippen LogP contribution in [0.25, 0.3) is 11.1 Å². The zero-order valence-corrected chi connectivity index (χ0v) is 18.1. The largest absolute Gasteiger partial charge is 0.353 e. The van der Waals surface area contributed by atoms with Gasteiger partial charge in [0, 0.05) is 25.0 Å². The molecule has 1 saturated heterocycles. The quantitative estimate of drug-likeness (QED) is 0.774. The molecule has 1 aliphatic heterocycles. The smallest absolute Gasteiger partial charge is 0.226 e. The number of likely N-dealkylation sites (tertiary alicyclic amines) is 1. The van der Waals surface area contributed by atoms with Crippen molar-refractivity contribution >= 4 is 11.8 Å². The molecule has 1 N–H and O–H groups in total. The molecule has 2 fully saturated rings. The number of hydrogen-bond donors (Lipinski definition) is 1. The molecule has 0 radical (unpaired) electrons. The maximum Gasteiger partial charge on any atom is 0.226 e. The maximum atomic E-state index is 13.2. The Kier molecular flexibility index (Phi) is 5.94. The van der Waals surface area contributed by atoms with Crippen LogP contribution in [0.2, 0.25) is 0 Å². The third-order valence-corrected chi connectivity index (χ3v) is 6.46. The van der Waals surface area contributed by atoms with E-state index in [1.807, 2.05) is 36.9 Å². The first-order valence-corrected chi connectivity index (χ1v) is 11.2. The van der Waals surface area contributed by atoms with Crippen molar-refractivity contribution in [2.75, 3.05) is 13.1 Å². The van der Waals surface area contributed by atoms with Crippen molar-refractivity contribution in [2.45, 2.75) is 52.0 Å². The average Bonchev–Trinajstić information content (AvgIpc) is 3.60. The van der Waals surface area contributed by atoms with Gasteiger partial charge in [0.25, 0.3) is 0 Å². The molecule has 2 amide bonds. The van der Waals surface area contributed by atoms with Crippen molar-refractivity contribution in [2.24, 2.45) is 11.3 Å². The molecule has 1 heterocycles. The van der Waals surface area contributed by atoms with Crippen LogP contribution >= 0.6 is 0 Å². The summed E-state index contributed by atoms with van der Waals surface area (Å²) in [6, 6.07) is 19.0. The highest BCUT2D eigenvalue weighted by atomic mass is 16.2. The Balaban J connectivity index is 1.50. The van der Waals surface area contributed by atoms with Crippen LogP contribution < -0.4 is 5.32 Å². The summed E-state index contributed by atoms with van der Waals surface area (Å²) < 4.78 is 0. The average molecular weight is 405 g/mol. The number of nitrogens with one attached hydrogen (secondary N) is 1. The third kappa shape index (κ3) is 4.58. The first-order chi connectivity index (χ1) is 14.5. The molecule has 4 rings (SSSR count). The Morgan fingerprint density at radius 3 is 2.13 bits per heavy atom. The number of rotatable bonds is 6. The lowest BCUT2D eigenvalue weighted by atomic mass is 9.72. The Hall–Kier alpha value is -2.62. The van der Waals surface area contributed by atoms with E-state index >= 15 is 0 Å². The fraction of sp³-hybridized carbons (Fsp3) is 0.462. The molecule has 2 aromatic carbocycles. The van der Waals surface area contributed by atoms with E-state index in [2.05, 4.69) is 41.7 Å². The lowest BCUT2D eigenvalue weighted by Gasteiger charge is -2.41. The number of hydrogen-bond acceptors (Lipinski definition) is 2. The second kappa shape index (κ2) is 8.63. The molecule has 1 saturated carbocycles. The van der Waals surface area contributed by atoms with E-state index in [-0.39, 0.29) is 17.9 Å². The molecule has 4 nitrogen and oxygen atoms in total. The van der Waals surface area contributed by atoms with Gasteiger partial charge in [-0.2, -0.15) is 0 Å². The van der Waals surface area contributed by atoms with E-state index in [0.717, 1.165) is 25.7 Å². The molecule has 30 heavy (non-hydrogen) atoms. The second-order valence-electron chi connectivity index (χ2n) is 9.25. The fourth-order valence-corrected chi connectivity index (χ4v) is 4.48. The predicted molar refractivity (Wildman–Crippen MR) is 120 cm³/mol. The van der Waals surface area contributed by atoms with Crippen molar-refractivity contribution in [3.63, 3.8) is 0 Å². The fourth-order valence-electron chi connectivity index (χ4n) is 4.48. The standard InChI is InChI=1S/C26H32N2O2/c1-19(2)27-25(30)26(14-16-28(17-15-26)24(29)23-12-13-23)18-20-8-10-22(11-9-20)21-6-4-3-5-7-21/h3-11,19,23H,12-18H2,1-2H3,(H,27,30). The number of carbonyl (C=O) groups is 2. The van der Waals surface area contributed by atoms with E-state index in [9.17, 15) is 9.59 Å². The lowest BCUT2D eigenvalue weighted by Crippen LogP contribution is -2.52. The van der Waals surface area contributed by atoms with Crippen LogP contribution in [0.3, 0.4) is 0 Å². The predicted octanol–water partition coefficient (Wildman–Crippen LogP) is 4.44. The number of carbonyl (C=O) groups excluding carboxylic acids is 2. The van der Waals surface area contributed by atoms with Crippen molar-refractivity contribution in [1.82, 2.24) is 10.2 Å². The van der Waals surface area contributed by atoms with Gasteiger partial charge in [-0.3, -0.25) is 9.59 Å². The first kappa shape index (κ1) is 20.6. The summed E-state index contributed by atoms with van der Waals surface area (Å²) in [5.41, 5.74) is 3.11. The zero-order chi connectivity index (χ0) is 21.1. The van der Waals surface area contributed by atoms with Gasteiger partial charge in [-0.05, 0) is 62.6 Å². The van der Waals surface area contributed by atoms with Crippen LogP contribution in [0, 0.1) is 11.3 Å². The molecule has 2 aromatic rings. The summed E-state index contributed by atoms with van der Waals surface area (Å²) in [6.07, 6.45) is 4.23. The van der Waals surface area contributed by atoms with Crippen molar-refractivity contribution in [1.29, 1.82) is 0 Å². The molecule has 0 bridgehead atoms. The topological polar surface area (TPSA) is 49.4 Å². The number of benzene rings is 2. The van der Waals surface area contributed by atoms with Gasteiger partial charge in [-0.25, -0.2) is 0 Å². The number of nitrogens with zero attached hydrogens (tertiary/aromatic N) is 1. The van der Waals surface area contributed by atoms with Crippen molar-refractivity contribution < 1.29 is 9.59 Å². The van der Waals surface area contributed by atoms with Crippen LogP contribution in [-0.2, 0) is 16.0 Å². The summed E-state index contributed by atoms with van der Waals surface area (Å²) in [7, 11) is 0. The van der Waals surface area contributed by atoms with Crippen LogP contribution in [0.1, 0.15) is 45.1 Å². The van der Waals surface area contributed by atoms with Gasteiger partial charge in [-0.15, -0.1) is 0 Å². The molecule has 2 aliphatic rings. The summed E-state index contributed by atoms with van der Waals surface area (Å²) in [5.74, 6) is 0.663. The Morgan fingerprint density at radius 1 is 0.967 bits per heavy atom. The molecule has 1 aliphatic carbocycles. The van der Waals surface area contributed by atoms with Crippen LogP contribution in [-0.4, -0.2) is 35.8 Å². The van der Waals surface area contributed by atoms with Crippen molar-refractivity contribution in [3.05, 3.63) is 60.2 Å². The first-order valence-electron chi connectivity index (χ1n) is 11.2. The molecule has 4 heteroatoms. The van der Waals surface area contributed by atoms with Gasteiger partial charge in [-0.1, -0.05) is 54.6 Å². The SMILES string of the molecule is CC(C)NC(=O)C1(Cc2ccc(-c3ccccc3)cc2)CCN(C(=O)C2CC2)CC1. The molecule has 0 atom stereocenters. The maximum absolute atomic E-state index is 13.2. The summed E-state index contributed by atoms with van der Waals surface area (Å²) in [5, 5.41) is 3.15. The van der Waals surface area contributed by atoms with Gasteiger partial charge in [0.1, 0.15) is 0 Å². The van der Waals surface area contributed by atoms with E-state index in [1.165, 1.54) is 16.7 Å². The Bertz CT molecular complexity index is 877. The van der Waals surface area contributed by atoms with E-state index < -0.39 is 5.41 Å². The van der Waals surface area contributed by atoms with Gasteiger partial charge >= 0.3 is 0 Å². The minimum absolute atomic E-state index is 0.112. The lowest BCUT2D eigenvalue weighted by molar-refractivity contribution is -0.141. The van der Waals surface area contributed by atoms with Gasteiger partial charge in [0.15, 0.2) is 0 Å². The Labute approximate surface area is 179 Å². The number of amides is 2. The van der Waals surface area contributed by atoms with E-state index in [1.54, 1.807) is 0 Å². The molecule has 158 valence electrons. The highest BCUT2D eigenvalue weighted by Crippen LogP contribution is 2.39. The zero-order valence-electron chi connectivity index (χ0n) is 18.1. The molecule has 0 spiro atoms. The monoisotopic (exact) mass is 404 g/mol. The van der Waals surface area contributed by atoms with Gasteiger partial charge in [0.05, 0.1) is 5.41 Å². The van der Waals surface area contributed by atoms with Crippen LogP contribution in [0.4, 0.5) is 0 Å². The summed E-state index contributed by atoms with van der Waals surface area (Å²) in [4.78, 5) is 27.7. The number of piperidine rings is 1. The van der Waals surface area contributed by atoms with Crippen molar-refractivity contribution in [3.8, 4) is 11.1 Å². The molecular weight excluding hydrogens is 372 g/mol. The second-order valence-corrected chi connectivity index (χ2v) is 9.25. The minimum Gasteiger partial charge on any atom is -0.353 e. The normalized spacial score (nSPS) is 18.3.